The average molecular weight is 245 g/mol. The van der Waals surface area contributed by atoms with Crippen molar-refractivity contribution in [2.24, 2.45) is 0 Å². The normalized spacial score (nSPS) is 15.8. The molecule has 0 radical (unpaired) electrons. The smallest absolute Gasteiger partial charge is 0.234 e. The van der Waals surface area contributed by atoms with E-state index < -0.39 is 0 Å². The van der Waals surface area contributed by atoms with Crippen molar-refractivity contribution in [3.63, 3.8) is 0 Å². The zero-order chi connectivity index (χ0) is 12.8. The third kappa shape index (κ3) is 3.47. The number of nitrogens with zero attached hydrogens (tertiary/aromatic N) is 2. The van der Waals surface area contributed by atoms with Gasteiger partial charge < -0.3 is 10.1 Å². The summed E-state index contributed by atoms with van der Waals surface area (Å²) in [4.78, 5) is 13.2. The minimum atomic E-state index is 0.0627. The lowest BCUT2D eigenvalue weighted by Crippen LogP contribution is -2.48. The van der Waals surface area contributed by atoms with E-state index in [0.29, 0.717) is 37.6 Å². The van der Waals surface area contributed by atoms with E-state index in [0.717, 1.165) is 6.54 Å². The van der Waals surface area contributed by atoms with Gasteiger partial charge in [-0.2, -0.15) is 5.26 Å². The molecule has 0 aliphatic carbocycles. The fourth-order valence-corrected chi connectivity index (χ4v) is 1.83. The second kappa shape index (κ2) is 6.03. The zero-order valence-electron chi connectivity index (χ0n) is 10.1. The molecule has 1 aliphatic heterocycles. The van der Waals surface area contributed by atoms with Crippen LogP contribution in [0.4, 0.5) is 0 Å². The molecular weight excluding hydrogens is 230 g/mol. The van der Waals surface area contributed by atoms with E-state index in [-0.39, 0.29) is 5.91 Å². The van der Waals surface area contributed by atoms with Gasteiger partial charge in [0.15, 0.2) is 0 Å². The Bertz CT molecular complexity index is 468. The van der Waals surface area contributed by atoms with Gasteiger partial charge in [0, 0.05) is 19.6 Å². The standard InChI is InChI=1S/C13H15N3O2/c14-9-11-2-1-3-12(8-11)18-7-6-16-5-4-15-13(17)10-16/h1-3,8H,4-7,10H2,(H,15,17). The molecule has 2 rings (SSSR count). The van der Waals surface area contributed by atoms with Crippen LogP contribution < -0.4 is 10.1 Å². The summed E-state index contributed by atoms with van der Waals surface area (Å²) in [5, 5.41) is 11.5. The van der Waals surface area contributed by atoms with Crippen molar-refractivity contribution in [3.05, 3.63) is 29.8 Å². The van der Waals surface area contributed by atoms with Gasteiger partial charge in [0.05, 0.1) is 18.2 Å². The number of nitrogens with one attached hydrogen (secondary N) is 1. The molecular formula is C13H15N3O2. The highest BCUT2D eigenvalue weighted by atomic mass is 16.5. The molecule has 1 heterocycles. The van der Waals surface area contributed by atoms with E-state index in [1.165, 1.54) is 0 Å². The van der Waals surface area contributed by atoms with Crippen molar-refractivity contribution in [3.8, 4) is 11.8 Å². The van der Waals surface area contributed by atoms with Crippen LogP contribution in [0.1, 0.15) is 5.56 Å². The lowest BCUT2D eigenvalue weighted by atomic mass is 10.2. The van der Waals surface area contributed by atoms with Gasteiger partial charge in [-0.25, -0.2) is 0 Å². The molecule has 1 aromatic carbocycles. The van der Waals surface area contributed by atoms with Crippen LogP contribution in [-0.2, 0) is 4.79 Å². The number of carbonyl (C=O) groups is 1. The first-order valence-electron chi connectivity index (χ1n) is 5.90. The maximum absolute atomic E-state index is 11.2. The first kappa shape index (κ1) is 12.4. The van der Waals surface area contributed by atoms with Gasteiger partial charge in [0.25, 0.3) is 0 Å². The summed E-state index contributed by atoms with van der Waals surface area (Å²) in [7, 11) is 0. The molecule has 94 valence electrons. The van der Waals surface area contributed by atoms with Crippen molar-refractivity contribution >= 4 is 5.91 Å². The first-order chi connectivity index (χ1) is 8.78. The largest absolute Gasteiger partial charge is 0.492 e. The van der Waals surface area contributed by atoms with E-state index >= 15 is 0 Å². The Morgan fingerprint density at radius 1 is 1.50 bits per heavy atom. The summed E-state index contributed by atoms with van der Waals surface area (Å²) in [5.41, 5.74) is 0.588. The Balaban J connectivity index is 1.77. The van der Waals surface area contributed by atoms with Crippen LogP contribution in [0.5, 0.6) is 5.75 Å². The fourth-order valence-electron chi connectivity index (χ4n) is 1.83. The molecule has 1 aliphatic rings. The third-order valence-electron chi connectivity index (χ3n) is 2.76. The molecule has 0 atom stereocenters. The van der Waals surface area contributed by atoms with Crippen LogP contribution in [0.2, 0.25) is 0 Å². The molecule has 1 aromatic rings. The summed E-state index contributed by atoms with van der Waals surface area (Å²) < 4.78 is 5.56. The number of rotatable bonds is 4. The number of carbonyl (C=O) groups excluding carboxylic acids is 1. The van der Waals surface area contributed by atoms with E-state index in [1.807, 2.05) is 11.0 Å². The number of benzene rings is 1. The van der Waals surface area contributed by atoms with Crippen LogP contribution in [0.3, 0.4) is 0 Å². The lowest BCUT2D eigenvalue weighted by molar-refractivity contribution is -0.124. The van der Waals surface area contributed by atoms with E-state index in [9.17, 15) is 4.79 Å². The molecule has 1 amide bonds. The average Bonchev–Trinajstić information content (AvgIpc) is 2.39. The Morgan fingerprint density at radius 2 is 2.39 bits per heavy atom. The number of piperazine rings is 1. The molecule has 0 saturated carbocycles. The van der Waals surface area contributed by atoms with Crippen LogP contribution in [0, 0.1) is 11.3 Å². The summed E-state index contributed by atoms with van der Waals surface area (Å²) in [6.45, 7) is 3.21. The third-order valence-corrected chi connectivity index (χ3v) is 2.76. The van der Waals surface area contributed by atoms with Crippen LogP contribution in [-0.4, -0.2) is 43.6 Å². The van der Waals surface area contributed by atoms with E-state index in [4.69, 9.17) is 10.00 Å². The number of nitriles is 1. The molecule has 18 heavy (non-hydrogen) atoms. The zero-order valence-corrected chi connectivity index (χ0v) is 10.1. The molecule has 5 heteroatoms. The topological polar surface area (TPSA) is 65.4 Å². The van der Waals surface area contributed by atoms with Crippen molar-refractivity contribution in [1.82, 2.24) is 10.2 Å². The molecule has 1 saturated heterocycles. The Hall–Kier alpha value is -2.06. The number of hydrogen-bond donors (Lipinski definition) is 1. The molecule has 0 spiro atoms. The monoisotopic (exact) mass is 245 g/mol. The summed E-state index contributed by atoms with van der Waals surface area (Å²) in [6.07, 6.45) is 0. The molecule has 0 bridgehead atoms. The fraction of sp³-hybridized carbons (Fsp3) is 0.385. The van der Waals surface area contributed by atoms with Crippen molar-refractivity contribution < 1.29 is 9.53 Å². The van der Waals surface area contributed by atoms with Crippen molar-refractivity contribution in [2.45, 2.75) is 0 Å². The highest BCUT2D eigenvalue weighted by Crippen LogP contribution is 2.12. The van der Waals surface area contributed by atoms with Gasteiger partial charge in [-0.3, -0.25) is 9.69 Å². The Kier molecular flexibility index (Phi) is 4.15. The van der Waals surface area contributed by atoms with Gasteiger partial charge in [0.1, 0.15) is 12.4 Å². The van der Waals surface area contributed by atoms with Gasteiger partial charge in [-0.1, -0.05) is 6.07 Å². The Labute approximate surface area is 106 Å². The van der Waals surface area contributed by atoms with Crippen LogP contribution in [0.25, 0.3) is 0 Å². The van der Waals surface area contributed by atoms with E-state index in [2.05, 4.69) is 11.4 Å². The summed E-state index contributed by atoms with van der Waals surface area (Å²) >= 11 is 0. The molecule has 0 aromatic heterocycles. The highest BCUT2D eigenvalue weighted by molar-refractivity contribution is 5.78. The summed E-state index contributed by atoms with van der Waals surface area (Å²) in [5.74, 6) is 0.753. The Morgan fingerprint density at radius 3 is 3.17 bits per heavy atom. The highest BCUT2D eigenvalue weighted by Gasteiger charge is 2.15. The molecule has 1 fully saturated rings. The van der Waals surface area contributed by atoms with Crippen molar-refractivity contribution in [1.29, 1.82) is 5.26 Å². The maximum atomic E-state index is 11.2. The molecule has 5 nitrogen and oxygen atoms in total. The minimum absolute atomic E-state index is 0.0627. The number of hydrogen-bond acceptors (Lipinski definition) is 4. The predicted octanol–water partition coefficient (Wildman–Crippen LogP) is 0.369. The molecule has 1 N–H and O–H groups in total. The first-order valence-corrected chi connectivity index (χ1v) is 5.90. The van der Waals surface area contributed by atoms with Gasteiger partial charge in [-0.15, -0.1) is 0 Å². The van der Waals surface area contributed by atoms with Gasteiger partial charge >= 0.3 is 0 Å². The SMILES string of the molecule is N#Cc1cccc(OCCN2CCNC(=O)C2)c1. The quantitative estimate of drug-likeness (QED) is 0.832. The van der Waals surface area contributed by atoms with E-state index in [1.54, 1.807) is 18.2 Å². The number of ether oxygens (including phenoxy) is 1. The predicted molar refractivity (Wildman–Crippen MR) is 66.1 cm³/mol. The second-order valence-corrected chi connectivity index (χ2v) is 4.11. The summed E-state index contributed by atoms with van der Waals surface area (Å²) in [6, 6.07) is 9.14. The van der Waals surface area contributed by atoms with Gasteiger partial charge in [0.2, 0.25) is 5.91 Å². The maximum Gasteiger partial charge on any atom is 0.234 e. The van der Waals surface area contributed by atoms with Crippen molar-refractivity contribution in [2.75, 3.05) is 32.8 Å². The number of amides is 1. The van der Waals surface area contributed by atoms with Crippen LogP contribution >= 0.6 is 0 Å². The van der Waals surface area contributed by atoms with Gasteiger partial charge in [-0.05, 0) is 18.2 Å². The second-order valence-electron chi connectivity index (χ2n) is 4.11. The molecule has 0 unspecified atom stereocenters. The van der Waals surface area contributed by atoms with Crippen LogP contribution in [0.15, 0.2) is 24.3 Å². The minimum Gasteiger partial charge on any atom is -0.492 e. The lowest BCUT2D eigenvalue weighted by Gasteiger charge is -2.26.